The molecule has 0 unspecified atom stereocenters. The highest BCUT2D eigenvalue weighted by Gasteiger charge is 2.30. The fraction of sp³-hybridized carbons (Fsp3) is 0.417. The predicted octanol–water partition coefficient (Wildman–Crippen LogP) is 1.79. The van der Waals surface area contributed by atoms with Crippen molar-refractivity contribution in [2.75, 3.05) is 19.8 Å². The van der Waals surface area contributed by atoms with Gasteiger partial charge in [0.1, 0.15) is 0 Å². The van der Waals surface area contributed by atoms with E-state index in [9.17, 15) is 4.79 Å². The molecule has 0 bridgehead atoms. The third-order valence-corrected chi connectivity index (χ3v) is 2.85. The largest absolute Gasteiger partial charge is 0.399 e. The molecule has 0 saturated carbocycles. The van der Waals surface area contributed by atoms with Crippen LogP contribution in [-0.4, -0.2) is 30.3 Å². The number of nitrogen functional groups attached to an aromatic ring is 1. The number of Topliss-reactive ketones (excluding diaryl/α,β-unsaturated/α-hetero) is 1. The summed E-state index contributed by atoms with van der Waals surface area (Å²) >= 11 is 0. The van der Waals surface area contributed by atoms with Crippen LogP contribution >= 0.6 is 0 Å². The van der Waals surface area contributed by atoms with Crippen LogP contribution in [0, 0.1) is 0 Å². The number of hydrogen-bond acceptors (Lipinski definition) is 3. The van der Waals surface area contributed by atoms with E-state index in [2.05, 4.69) is 0 Å². The lowest BCUT2D eigenvalue weighted by Gasteiger charge is -2.30. The molecule has 0 atom stereocenters. The summed E-state index contributed by atoms with van der Waals surface area (Å²) in [6.07, 6.45) is 0. The number of benzene rings is 1. The molecule has 0 amide bonds. The average Bonchev–Trinajstić information content (AvgIpc) is 2.17. The number of likely N-dealkylation sites (N-methyl/N-ethyl adjacent to an activating group) is 1. The molecular weight excluding hydrogens is 188 g/mol. The number of carbonyl (C=O) groups is 1. The number of nitrogens with two attached hydrogens (primary N) is 1. The molecule has 0 aromatic heterocycles. The van der Waals surface area contributed by atoms with Gasteiger partial charge < -0.3 is 5.73 Å². The van der Waals surface area contributed by atoms with Crippen LogP contribution in [0.4, 0.5) is 5.69 Å². The van der Waals surface area contributed by atoms with Gasteiger partial charge in [-0.05, 0) is 52.2 Å². The molecule has 2 N–H and O–H groups in total. The van der Waals surface area contributed by atoms with Crippen molar-refractivity contribution in [2.45, 2.75) is 19.4 Å². The van der Waals surface area contributed by atoms with Crippen LogP contribution in [0.1, 0.15) is 24.2 Å². The van der Waals surface area contributed by atoms with Gasteiger partial charge in [-0.25, -0.2) is 0 Å². The van der Waals surface area contributed by atoms with Crippen LogP contribution in [-0.2, 0) is 0 Å². The van der Waals surface area contributed by atoms with Gasteiger partial charge in [0.15, 0.2) is 5.78 Å². The Labute approximate surface area is 90.9 Å². The van der Waals surface area contributed by atoms with Crippen LogP contribution in [0.3, 0.4) is 0 Å². The summed E-state index contributed by atoms with van der Waals surface area (Å²) in [6.45, 7) is 3.82. The standard InChI is InChI=1S/C12H18N2O/c1-12(2,14(3)4)11(15)9-5-7-10(13)8-6-9/h5-8H,13H2,1-4H3. The smallest absolute Gasteiger partial charge is 0.182 e. The molecule has 82 valence electrons. The molecule has 1 aromatic rings. The van der Waals surface area contributed by atoms with E-state index in [-0.39, 0.29) is 5.78 Å². The summed E-state index contributed by atoms with van der Waals surface area (Å²) in [7, 11) is 3.80. The van der Waals surface area contributed by atoms with Gasteiger partial charge in [-0.1, -0.05) is 0 Å². The van der Waals surface area contributed by atoms with Gasteiger partial charge in [-0.2, -0.15) is 0 Å². The third kappa shape index (κ3) is 2.36. The number of hydrogen-bond donors (Lipinski definition) is 1. The Kier molecular flexibility index (Phi) is 3.15. The van der Waals surface area contributed by atoms with Crippen molar-refractivity contribution in [3.05, 3.63) is 29.8 Å². The average molecular weight is 206 g/mol. The molecule has 0 aliphatic heterocycles. The molecule has 0 heterocycles. The van der Waals surface area contributed by atoms with Gasteiger partial charge in [0.05, 0.1) is 5.54 Å². The summed E-state index contributed by atoms with van der Waals surface area (Å²) in [6, 6.07) is 7.03. The first kappa shape index (κ1) is 11.7. The molecule has 15 heavy (non-hydrogen) atoms. The number of carbonyl (C=O) groups excluding carboxylic acids is 1. The van der Waals surface area contributed by atoms with Crippen molar-refractivity contribution in [3.63, 3.8) is 0 Å². The number of nitrogens with zero attached hydrogens (tertiary/aromatic N) is 1. The molecule has 1 rings (SSSR count). The summed E-state index contributed by atoms with van der Waals surface area (Å²) in [5, 5.41) is 0. The lowest BCUT2D eigenvalue weighted by atomic mass is 9.92. The molecule has 0 saturated heterocycles. The minimum Gasteiger partial charge on any atom is -0.399 e. The minimum atomic E-state index is -0.490. The SMILES string of the molecule is CN(C)C(C)(C)C(=O)c1ccc(N)cc1. The molecule has 0 radical (unpaired) electrons. The maximum absolute atomic E-state index is 12.1. The fourth-order valence-electron chi connectivity index (χ4n) is 1.19. The van der Waals surface area contributed by atoms with Crippen molar-refractivity contribution in [2.24, 2.45) is 0 Å². The Balaban J connectivity index is 3.00. The maximum Gasteiger partial charge on any atom is 0.182 e. The van der Waals surface area contributed by atoms with Crippen molar-refractivity contribution < 1.29 is 4.79 Å². The first-order valence-electron chi connectivity index (χ1n) is 4.93. The maximum atomic E-state index is 12.1. The minimum absolute atomic E-state index is 0.104. The van der Waals surface area contributed by atoms with E-state index in [1.54, 1.807) is 24.3 Å². The van der Waals surface area contributed by atoms with Crippen molar-refractivity contribution in [1.82, 2.24) is 4.90 Å². The Morgan fingerprint density at radius 3 is 2.07 bits per heavy atom. The van der Waals surface area contributed by atoms with Gasteiger partial charge in [-0.3, -0.25) is 9.69 Å². The molecule has 0 aliphatic rings. The Bertz CT molecular complexity index is 352. The molecule has 0 aliphatic carbocycles. The monoisotopic (exact) mass is 206 g/mol. The van der Waals surface area contributed by atoms with Crippen molar-refractivity contribution >= 4 is 11.5 Å². The van der Waals surface area contributed by atoms with Gasteiger partial charge in [0.2, 0.25) is 0 Å². The Morgan fingerprint density at radius 2 is 1.67 bits per heavy atom. The molecule has 3 heteroatoms. The highest BCUT2D eigenvalue weighted by atomic mass is 16.1. The first-order chi connectivity index (χ1) is 6.85. The number of anilines is 1. The van der Waals surface area contributed by atoms with Crippen molar-refractivity contribution in [3.8, 4) is 0 Å². The zero-order chi connectivity index (χ0) is 11.6. The second-order valence-corrected chi connectivity index (χ2v) is 4.40. The van der Waals surface area contributed by atoms with E-state index < -0.39 is 5.54 Å². The van der Waals surface area contributed by atoms with E-state index in [0.29, 0.717) is 11.3 Å². The second kappa shape index (κ2) is 4.03. The summed E-state index contributed by atoms with van der Waals surface area (Å²) in [5.41, 5.74) is 6.46. The zero-order valence-corrected chi connectivity index (χ0v) is 9.74. The Hall–Kier alpha value is -1.35. The van der Waals surface area contributed by atoms with Gasteiger partial charge in [-0.15, -0.1) is 0 Å². The van der Waals surface area contributed by atoms with E-state index in [1.165, 1.54) is 0 Å². The van der Waals surface area contributed by atoms with E-state index in [0.717, 1.165) is 0 Å². The van der Waals surface area contributed by atoms with Crippen LogP contribution in [0.15, 0.2) is 24.3 Å². The molecule has 0 spiro atoms. The van der Waals surface area contributed by atoms with Crippen molar-refractivity contribution in [1.29, 1.82) is 0 Å². The lowest BCUT2D eigenvalue weighted by molar-refractivity contribution is 0.0755. The second-order valence-electron chi connectivity index (χ2n) is 4.40. The predicted molar refractivity (Wildman–Crippen MR) is 63.0 cm³/mol. The topological polar surface area (TPSA) is 46.3 Å². The first-order valence-corrected chi connectivity index (χ1v) is 4.93. The molecule has 0 fully saturated rings. The van der Waals surface area contributed by atoms with E-state index >= 15 is 0 Å². The summed E-state index contributed by atoms with van der Waals surface area (Å²) < 4.78 is 0. The van der Waals surface area contributed by atoms with E-state index in [1.807, 2.05) is 32.8 Å². The fourth-order valence-corrected chi connectivity index (χ4v) is 1.19. The quantitative estimate of drug-likeness (QED) is 0.606. The van der Waals surface area contributed by atoms with E-state index in [4.69, 9.17) is 5.73 Å². The summed E-state index contributed by atoms with van der Waals surface area (Å²) in [4.78, 5) is 14.0. The lowest BCUT2D eigenvalue weighted by Crippen LogP contribution is -2.45. The molecule has 3 nitrogen and oxygen atoms in total. The third-order valence-electron chi connectivity index (χ3n) is 2.85. The zero-order valence-electron chi connectivity index (χ0n) is 9.74. The molecule has 1 aromatic carbocycles. The Morgan fingerprint density at radius 1 is 1.20 bits per heavy atom. The number of rotatable bonds is 3. The van der Waals surface area contributed by atoms with Gasteiger partial charge >= 0.3 is 0 Å². The van der Waals surface area contributed by atoms with Crippen LogP contribution < -0.4 is 5.73 Å². The van der Waals surface area contributed by atoms with Crippen LogP contribution in [0.5, 0.6) is 0 Å². The summed E-state index contributed by atoms with van der Waals surface area (Å²) in [5.74, 6) is 0.104. The van der Waals surface area contributed by atoms with Gasteiger partial charge in [0, 0.05) is 11.3 Å². The molecular formula is C12H18N2O. The normalized spacial score (nSPS) is 11.8. The van der Waals surface area contributed by atoms with Crippen LogP contribution in [0.2, 0.25) is 0 Å². The van der Waals surface area contributed by atoms with Gasteiger partial charge in [0.25, 0.3) is 0 Å². The number of ketones is 1. The highest BCUT2D eigenvalue weighted by molar-refractivity contribution is 6.02. The van der Waals surface area contributed by atoms with Crippen LogP contribution in [0.25, 0.3) is 0 Å². The highest BCUT2D eigenvalue weighted by Crippen LogP contribution is 2.18.